The summed E-state index contributed by atoms with van der Waals surface area (Å²) in [4.78, 5) is 1.77. The minimum atomic E-state index is -3.24. The summed E-state index contributed by atoms with van der Waals surface area (Å²) in [6, 6.07) is 4.21. The highest BCUT2D eigenvalue weighted by Gasteiger charge is 2.33. The lowest BCUT2D eigenvalue weighted by molar-refractivity contribution is 0.577. The Labute approximate surface area is 123 Å². The largest absolute Gasteiger partial charge is 0.353 e. The van der Waals surface area contributed by atoms with E-state index in [-0.39, 0.29) is 5.82 Å². The zero-order valence-electron chi connectivity index (χ0n) is 11.5. The van der Waals surface area contributed by atoms with Gasteiger partial charge in [-0.15, -0.1) is 0 Å². The second-order valence-electron chi connectivity index (χ2n) is 5.01. The standard InChI is InChI=1S/C13H19FN2O2S2/c1-9(15)13-10(14)4-3-5-11(13)16-6-7-19-8-12(16)20(2,17)18/h3-5,9,12H,6-8,15H2,1-2H3. The van der Waals surface area contributed by atoms with Gasteiger partial charge < -0.3 is 10.6 Å². The number of rotatable bonds is 3. The Morgan fingerprint density at radius 2 is 2.20 bits per heavy atom. The molecule has 0 aromatic heterocycles. The topological polar surface area (TPSA) is 63.4 Å². The van der Waals surface area contributed by atoms with Gasteiger partial charge in [-0.25, -0.2) is 12.8 Å². The molecule has 0 aliphatic carbocycles. The van der Waals surface area contributed by atoms with E-state index in [0.29, 0.717) is 23.5 Å². The summed E-state index contributed by atoms with van der Waals surface area (Å²) in [5, 5.41) is -0.624. The average molecular weight is 318 g/mol. The Hall–Kier alpha value is -0.790. The minimum absolute atomic E-state index is 0.382. The van der Waals surface area contributed by atoms with Crippen LogP contribution in [0.1, 0.15) is 18.5 Å². The summed E-state index contributed by atoms with van der Waals surface area (Å²) in [5.74, 6) is 0.928. The number of anilines is 1. The number of sulfone groups is 1. The predicted molar refractivity (Wildman–Crippen MR) is 82.3 cm³/mol. The van der Waals surface area contributed by atoms with Crippen LogP contribution in [0.25, 0.3) is 0 Å². The third-order valence-corrected chi connectivity index (χ3v) is 6.02. The molecule has 2 N–H and O–H groups in total. The summed E-state index contributed by atoms with van der Waals surface area (Å²) in [5.41, 5.74) is 6.83. The van der Waals surface area contributed by atoms with Gasteiger partial charge in [0.1, 0.15) is 11.2 Å². The van der Waals surface area contributed by atoms with Gasteiger partial charge in [-0.2, -0.15) is 11.8 Å². The SMILES string of the molecule is CC(N)c1c(F)cccc1N1CCSCC1S(C)(=O)=O. The van der Waals surface area contributed by atoms with Crippen molar-refractivity contribution in [1.82, 2.24) is 0 Å². The quantitative estimate of drug-likeness (QED) is 0.920. The van der Waals surface area contributed by atoms with E-state index in [0.717, 1.165) is 5.75 Å². The molecule has 1 aromatic carbocycles. The molecule has 2 unspecified atom stereocenters. The number of nitrogens with two attached hydrogens (primary N) is 1. The number of hydrogen-bond acceptors (Lipinski definition) is 5. The van der Waals surface area contributed by atoms with Crippen LogP contribution >= 0.6 is 11.8 Å². The Kier molecular flexibility index (Phi) is 4.61. The number of nitrogens with zero attached hydrogens (tertiary/aromatic N) is 1. The molecule has 1 aromatic rings. The maximum Gasteiger partial charge on any atom is 0.169 e. The molecule has 0 spiro atoms. The smallest absolute Gasteiger partial charge is 0.169 e. The molecule has 7 heteroatoms. The fourth-order valence-corrected chi connectivity index (χ4v) is 5.27. The summed E-state index contributed by atoms with van der Waals surface area (Å²) in [6.07, 6.45) is 1.22. The first kappa shape index (κ1) is 15.6. The fraction of sp³-hybridized carbons (Fsp3) is 0.538. The normalized spacial score (nSPS) is 21.8. The van der Waals surface area contributed by atoms with Crippen molar-refractivity contribution in [2.24, 2.45) is 5.73 Å². The number of thioether (sulfide) groups is 1. The minimum Gasteiger partial charge on any atom is -0.353 e. The number of halogens is 1. The Balaban J connectivity index is 2.51. The highest BCUT2D eigenvalue weighted by Crippen LogP contribution is 2.33. The maximum absolute atomic E-state index is 14.0. The molecule has 1 aliphatic rings. The molecule has 2 atom stereocenters. The molecular formula is C13H19FN2O2S2. The van der Waals surface area contributed by atoms with Crippen molar-refractivity contribution < 1.29 is 12.8 Å². The second-order valence-corrected chi connectivity index (χ2v) is 8.37. The predicted octanol–water partition coefficient (Wildman–Crippen LogP) is 1.77. The Bertz CT molecular complexity index is 590. The van der Waals surface area contributed by atoms with Crippen LogP contribution in [0.5, 0.6) is 0 Å². The van der Waals surface area contributed by atoms with Crippen LogP contribution in [0.4, 0.5) is 10.1 Å². The van der Waals surface area contributed by atoms with E-state index in [4.69, 9.17) is 5.73 Å². The van der Waals surface area contributed by atoms with E-state index in [1.807, 2.05) is 0 Å². The van der Waals surface area contributed by atoms with Crippen molar-refractivity contribution in [3.63, 3.8) is 0 Å². The van der Waals surface area contributed by atoms with Crippen LogP contribution < -0.4 is 10.6 Å². The lowest BCUT2D eigenvalue weighted by Crippen LogP contribution is -2.47. The summed E-state index contributed by atoms with van der Waals surface area (Å²) < 4.78 is 37.9. The third kappa shape index (κ3) is 3.10. The summed E-state index contributed by atoms with van der Waals surface area (Å²) >= 11 is 1.60. The molecule has 1 aliphatic heterocycles. The fourth-order valence-electron chi connectivity index (χ4n) is 2.44. The third-order valence-electron chi connectivity index (χ3n) is 3.37. The molecule has 1 fully saturated rings. The van der Waals surface area contributed by atoms with Crippen molar-refractivity contribution in [3.8, 4) is 0 Å². The van der Waals surface area contributed by atoms with Crippen molar-refractivity contribution >= 4 is 27.3 Å². The van der Waals surface area contributed by atoms with Gasteiger partial charge in [0, 0.05) is 41.6 Å². The zero-order valence-corrected chi connectivity index (χ0v) is 13.2. The molecule has 0 bridgehead atoms. The lowest BCUT2D eigenvalue weighted by Gasteiger charge is -2.37. The second kappa shape index (κ2) is 5.91. The molecule has 20 heavy (non-hydrogen) atoms. The van der Waals surface area contributed by atoms with Crippen LogP contribution in [0.2, 0.25) is 0 Å². The van der Waals surface area contributed by atoms with Gasteiger partial charge in [-0.1, -0.05) is 6.07 Å². The Morgan fingerprint density at radius 3 is 2.80 bits per heavy atom. The lowest BCUT2D eigenvalue weighted by atomic mass is 10.0. The van der Waals surface area contributed by atoms with Gasteiger partial charge in [0.25, 0.3) is 0 Å². The molecule has 1 saturated heterocycles. The zero-order chi connectivity index (χ0) is 14.9. The molecule has 1 heterocycles. The van der Waals surface area contributed by atoms with E-state index >= 15 is 0 Å². The summed E-state index contributed by atoms with van der Waals surface area (Å²) in [7, 11) is -3.24. The highest BCUT2D eigenvalue weighted by atomic mass is 32.2. The van der Waals surface area contributed by atoms with Crippen LogP contribution in [0.3, 0.4) is 0 Å². The number of hydrogen-bond donors (Lipinski definition) is 1. The van der Waals surface area contributed by atoms with Crippen LogP contribution in [0, 0.1) is 5.82 Å². The van der Waals surface area contributed by atoms with Gasteiger partial charge in [-0.3, -0.25) is 0 Å². The van der Waals surface area contributed by atoms with Gasteiger partial charge >= 0.3 is 0 Å². The molecule has 0 radical (unpaired) electrons. The molecular weight excluding hydrogens is 299 g/mol. The van der Waals surface area contributed by atoms with E-state index in [9.17, 15) is 12.8 Å². The van der Waals surface area contributed by atoms with Gasteiger partial charge in [0.05, 0.1) is 0 Å². The number of benzene rings is 1. The van der Waals surface area contributed by atoms with E-state index < -0.39 is 21.3 Å². The average Bonchev–Trinajstić information content (AvgIpc) is 2.37. The van der Waals surface area contributed by atoms with Crippen molar-refractivity contribution in [2.75, 3.05) is 29.2 Å². The first-order valence-electron chi connectivity index (χ1n) is 6.39. The Morgan fingerprint density at radius 1 is 1.50 bits per heavy atom. The molecule has 112 valence electrons. The van der Waals surface area contributed by atoms with Gasteiger partial charge in [0.15, 0.2) is 9.84 Å². The first-order valence-corrected chi connectivity index (χ1v) is 9.50. The van der Waals surface area contributed by atoms with E-state index in [1.165, 1.54) is 12.3 Å². The molecule has 4 nitrogen and oxygen atoms in total. The molecule has 0 amide bonds. The highest BCUT2D eigenvalue weighted by molar-refractivity contribution is 8.01. The van der Waals surface area contributed by atoms with Crippen molar-refractivity contribution in [2.45, 2.75) is 18.3 Å². The van der Waals surface area contributed by atoms with E-state index in [2.05, 4.69) is 0 Å². The van der Waals surface area contributed by atoms with Crippen LogP contribution in [-0.4, -0.2) is 38.1 Å². The van der Waals surface area contributed by atoms with E-state index in [1.54, 1.807) is 35.7 Å². The van der Waals surface area contributed by atoms with Crippen molar-refractivity contribution in [3.05, 3.63) is 29.6 Å². The molecule has 2 rings (SSSR count). The first-order chi connectivity index (χ1) is 9.32. The van der Waals surface area contributed by atoms with Crippen LogP contribution in [-0.2, 0) is 9.84 Å². The maximum atomic E-state index is 14.0. The monoisotopic (exact) mass is 318 g/mol. The molecule has 0 saturated carbocycles. The van der Waals surface area contributed by atoms with Gasteiger partial charge in [-0.05, 0) is 19.1 Å². The van der Waals surface area contributed by atoms with Crippen LogP contribution in [0.15, 0.2) is 18.2 Å². The van der Waals surface area contributed by atoms with Crippen molar-refractivity contribution in [1.29, 1.82) is 0 Å². The summed E-state index contributed by atoms with van der Waals surface area (Å²) in [6.45, 7) is 2.28. The van der Waals surface area contributed by atoms with Gasteiger partial charge in [0.2, 0.25) is 0 Å².